The van der Waals surface area contributed by atoms with Gasteiger partial charge in [-0.25, -0.2) is 0 Å². The maximum Gasteiger partial charge on any atom is 0.0758 e. The van der Waals surface area contributed by atoms with Crippen LogP contribution in [0.2, 0.25) is 0 Å². The third kappa shape index (κ3) is 3.83. The molecule has 76 valence electrons. The number of unbranched alkanes of at least 4 members (excludes halogenated alkanes) is 1. The molecule has 0 saturated carbocycles. The highest BCUT2D eigenvalue weighted by atomic mass is 15.1. The standard InChI is InChI=1S/C12H23N/c1-7-9-10-12(3,4)11(8-2)13(5)6/h2,11H,7,9-10H2,1,3-6H3. The number of hydrogen-bond donors (Lipinski definition) is 0. The topological polar surface area (TPSA) is 3.24 Å². The summed E-state index contributed by atoms with van der Waals surface area (Å²) in [5, 5.41) is 0. The third-order valence-corrected chi connectivity index (χ3v) is 2.59. The first-order chi connectivity index (χ1) is 5.95. The van der Waals surface area contributed by atoms with Gasteiger partial charge in [0.25, 0.3) is 0 Å². The van der Waals surface area contributed by atoms with Crippen LogP contribution in [0.15, 0.2) is 0 Å². The summed E-state index contributed by atoms with van der Waals surface area (Å²) in [6.07, 6.45) is 9.25. The Balaban J connectivity index is 4.31. The molecule has 1 heteroatoms. The van der Waals surface area contributed by atoms with Gasteiger partial charge in [0, 0.05) is 0 Å². The first-order valence-electron chi connectivity index (χ1n) is 5.08. The van der Waals surface area contributed by atoms with Crippen LogP contribution >= 0.6 is 0 Å². The van der Waals surface area contributed by atoms with Gasteiger partial charge in [0.2, 0.25) is 0 Å². The highest BCUT2D eigenvalue weighted by molar-refractivity contribution is 5.05. The Labute approximate surface area is 83.5 Å². The van der Waals surface area contributed by atoms with Gasteiger partial charge in [0.1, 0.15) is 0 Å². The molecule has 0 spiro atoms. The predicted molar refractivity (Wildman–Crippen MR) is 59.6 cm³/mol. The minimum Gasteiger partial charge on any atom is -0.296 e. The molecule has 0 aromatic heterocycles. The van der Waals surface area contributed by atoms with Gasteiger partial charge in [-0.2, -0.15) is 0 Å². The molecule has 1 atom stereocenters. The average Bonchev–Trinajstić information content (AvgIpc) is 2.01. The molecule has 0 fully saturated rings. The van der Waals surface area contributed by atoms with Crippen LogP contribution in [0.1, 0.15) is 40.0 Å². The van der Waals surface area contributed by atoms with E-state index in [1.807, 2.05) is 0 Å². The molecule has 0 heterocycles. The molecule has 0 amide bonds. The summed E-state index contributed by atoms with van der Waals surface area (Å²) >= 11 is 0. The van der Waals surface area contributed by atoms with E-state index in [1.165, 1.54) is 19.3 Å². The van der Waals surface area contributed by atoms with E-state index >= 15 is 0 Å². The maximum atomic E-state index is 5.54. The molecule has 0 aliphatic rings. The van der Waals surface area contributed by atoms with E-state index < -0.39 is 0 Å². The van der Waals surface area contributed by atoms with Crippen molar-refractivity contribution in [3.63, 3.8) is 0 Å². The van der Waals surface area contributed by atoms with E-state index in [0.29, 0.717) is 0 Å². The van der Waals surface area contributed by atoms with Gasteiger partial charge in [-0.3, -0.25) is 4.90 Å². The molecule has 0 radical (unpaired) electrons. The van der Waals surface area contributed by atoms with Crippen molar-refractivity contribution >= 4 is 0 Å². The Bertz CT molecular complexity index is 174. The van der Waals surface area contributed by atoms with Crippen molar-refractivity contribution in [2.24, 2.45) is 5.41 Å². The zero-order valence-corrected chi connectivity index (χ0v) is 9.72. The molecule has 0 saturated heterocycles. The quantitative estimate of drug-likeness (QED) is 0.589. The van der Waals surface area contributed by atoms with Gasteiger partial charge in [0.15, 0.2) is 0 Å². The van der Waals surface area contributed by atoms with Crippen molar-refractivity contribution in [1.82, 2.24) is 4.90 Å². The largest absolute Gasteiger partial charge is 0.296 e. The molecule has 1 unspecified atom stereocenters. The summed E-state index contributed by atoms with van der Waals surface area (Å²) in [4.78, 5) is 2.13. The molecule has 0 aliphatic heterocycles. The van der Waals surface area contributed by atoms with Crippen LogP contribution in [0.5, 0.6) is 0 Å². The summed E-state index contributed by atoms with van der Waals surface area (Å²) in [5.74, 6) is 2.88. The normalized spacial score (nSPS) is 14.2. The van der Waals surface area contributed by atoms with Gasteiger partial charge in [-0.15, -0.1) is 6.42 Å². The molecule has 0 aromatic carbocycles. The lowest BCUT2D eigenvalue weighted by Crippen LogP contribution is -2.39. The van der Waals surface area contributed by atoms with Crippen LogP contribution in [0.25, 0.3) is 0 Å². The first-order valence-corrected chi connectivity index (χ1v) is 5.08. The molecule has 1 nitrogen and oxygen atoms in total. The lowest BCUT2D eigenvalue weighted by molar-refractivity contribution is 0.168. The fourth-order valence-corrected chi connectivity index (χ4v) is 1.84. The number of terminal acetylenes is 1. The molecular formula is C12H23N. The zero-order chi connectivity index (χ0) is 10.5. The Hall–Kier alpha value is -0.480. The Kier molecular flexibility index (Phi) is 5.10. The van der Waals surface area contributed by atoms with Crippen molar-refractivity contribution in [3.8, 4) is 12.3 Å². The lowest BCUT2D eigenvalue weighted by atomic mass is 9.79. The number of rotatable bonds is 5. The molecule has 13 heavy (non-hydrogen) atoms. The van der Waals surface area contributed by atoms with Crippen LogP contribution in [0.3, 0.4) is 0 Å². The molecule has 0 bridgehead atoms. The monoisotopic (exact) mass is 181 g/mol. The minimum absolute atomic E-state index is 0.230. The van der Waals surface area contributed by atoms with E-state index in [2.05, 4.69) is 45.7 Å². The lowest BCUT2D eigenvalue weighted by Gasteiger charge is -2.35. The van der Waals surface area contributed by atoms with Crippen LogP contribution < -0.4 is 0 Å². The Morgan fingerprint density at radius 3 is 2.23 bits per heavy atom. The van der Waals surface area contributed by atoms with Crippen molar-refractivity contribution in [3.05, 3.63) is 0 Å². The van der Waals surface area contributed by atoms with E-state index in [-0.39, 0.29) is 11.5 Å². The van der Waals surface area contributed by atoms with Gasteiger partial charge in [0.05, 0.1) is 6.04 Å². The average molecular weight is 181 g/mol. The summed E-state index contributed by atoms with van der Waals surface area (Å²) in [6, 6.07) is 0.249. The Morgan fingerprint density at radius 1 is 1.38 bits per heavy atom. The highest BCUT2D eigenvalue weighted by Gasteiger charge is 2.28. The van der Waals surface area contributed by atoms with E-state index in [9.17, 15) is 0 Å². The van der Waals surface area contributed by atoms with Crippen molar-refractivity contribution < 1.29 is 0 Å². The van der Waals surface area contributed by atoms with Crippen molar-refractivity contribution in [2.45, 2.75) is 46.1 Å². The summed E-state index contributed by atoms with van der Waals surface area (Å²) in [6.45, 7) is 6.73. The summed E-state index contributed by atoms with van der Waals surface area (Å²) in [5.41, 5.74) is 0.230. The second-order valence-electron chi connectivity index (χ2n) is 4.62. The second kappa shape index (κ2) is 5.29. The highest BCUT2D eigenvalue weighted by Crippen LogP contribution is 2.29. The molecular weight excluding hydrogens is 158 g/mol. The molecule has 0 aliphatic carbocycles. The fraction of sp³-hybridized carbons (Fsp3) is 0.833. The third-order valence-electron chi connectivity index (χ3n) is 2.59. The van der Waals surface area contributed by atoms with Gasteiger partial charge < -0.3 is 0 Å². The second-order valence-corrected chi connectivity index (χ2v) is 4.62. The zero-order valence-electron chi connectivity index (χ0n) is 9.72. The van der Waals surface area contributed by atoms with Gasteiger partial charge in [-0.1, -0.05) is 39.5 Å². The predicted octanol–water partition coefficient (Wildman–Crippen LogP) is 2.77. The SMILES string of the molecule is C#CC(N(C)C)C(C)(C)CCCC. The fourth-order valence-electron chi connectivity index (χ4n) is 1.84. The van der Waals surface area contributed by atoms with E-state index in [1.54, 1.807) is 0 Å². The van der Waals surface area contributed by atoms with E-state index in [0.717, 1.165) is 0 Å². The minimum atomic E-state index is 0.230. The molecule has 0 rings (SSSR count). The molecule has 0 aromatic rings. The number of hydrogen-bond acceptors (Lipinski definition) is 1. The van der Waals surface area contributed by atoms with Crippen LogP contribution in [0.4, 0.5) is 0 Å². The van der Waals surface area contributed by atoms with Gasteiger partial charge in [-0.05, 0) is 25.9 Å². The van der Waals surface area contributed by atoms with Crippen LogP contribution in [-0.4, -0.2) is 25.0 Å². The van der Waals surface area contributed by atoms with Crippen LogP contribution in [0, 0.1) is 17.8 Å². The van der Waals surface area contributed by atoms with Crippen LogP contribution in [-0.2, 0) is 0 Å². The summed E-state index contributed by atoms with van der Waals surface area (Å²) < 4.78 is 0. The first kappa shape index (κ1) is 12.5. The van der Waals surface area contributed by atoms with Crippen molar-refractivity contribution in [2.75, 3.05) is 14.1 Å². The van der Waals surface area contributed by atoms with Gasteiger partial charge >= 0.3 is 0 Å². The Morgan fingerprint density at radius 2 is 1.92 bits per heavy atom. The summed E-state index contributed by atoms with van der Waals surface area (Å²) in [7, 11) is 4.11. The number of nitrogens with zero attached hydrogens (tertiary/aromatic N) is 1. The van der Waals surface area contributed by atoms with Crippen molar-refractivity contribution in [1.29, 1.82) is 0 Å². The smallest absolute Gasteiger partial charge is 0.0758 e. The van der Waals surface area contributed by atoms with E-state index in [4.69, 9.17) is 6.42 Å². The molecule has 0 N–H and O–H groups in total. The maximum absolute atomic E-state index is 5.54.